The molecule has 0 aliphatic carbocycles. The van der Waals surface area contributed by atoms with Crippen LogP contribution in [0.5, 0.6) is 0 Å². The van der Waals surface area contributed by atoms with Gasteiger partial charge in [-0.05, 0) is 0 Å². The number of rotatable bonds is 0. The number of hydrogen-bond acceptors (Lipinski definition) is 1. The van der Waals surface area contributed by atoms with E-state index in [1.54, 1.807) is 0 Å². The number of benzene rings is 1. The van der Waals surface area contributed by atoms with Crippen molar-refractivity contribution in [1.82, 2.24) is 0 Å². The van der Waals surface area contributed by atoms with E-state index < -0.39 is 0 Å². The Labute approximate surface area is 221 Å². The minimum Gasteiger partial charge on any atom is -0.545 e. The van der Waals surface area contributed by atoms with Crippen molar-refractivity contribution < 1.29 is 161 Å². The summed E-state index contributed by atoms with van der Waals surface area (Å²) < 4.78 is 0. The summed E-state index contributed by atoms with van der Waals surface area (Å²) in [6.45, 7) is 7.25. The van der Waals surface area contributed by atoms with Crippen molar-refractivity contribution in [3.8, 4) is 0 Å². The summed E-state index contributed by atoms with van der Waals surface area (Å²) in [7, 11) is 0. The maximum atomic E-state index is 7.75. The van der Waals surface area contributed by atoms with Gasteiger partial charge in [-0.1, -0.05) is 13.8 Å². The Morgan fingerprint density at radius 2 is 1.00 bits per heavy atom. The SMILES string of the molecule is CC.[CH-]=O.[CH3-].[U].[U].[U].[W].[W].[W].[c-]1ccccc1. The molecule has 0 amide bonds. The summed E-state index contributed by atoms with van der Waals surface area (Å²) in [5, 5.41) is 0. The topological polar surface area (TPSA) is 17.1 Å². The van der Waals surface area contributed by atoms with E-state index in [4.69, 9.17) is 4.79 Å². The Balaban J connectivity index is -0.00000000776. The molecule has 94 valence electrons. The van der Waals surface area contributed by atoms with Gasteiger partial charge in [0.15, 0.2) is 0 Å². The monoisotopic (exact) mass is 1420 g/mol. The molecule has 1 nitrogen and oxygen atoms in total. The second kappa shape index (κ2) is 71.8. The first-order valence-corrected chi connectivity index (χ1v) is 3.15. The summed E-state index contributed by atoms with van der Waals surface area (Å²) in [6, 6.07) is 12.5. The average Bonchev–Trinajstić information content (AvgIpc) is 2.14. The Morgan fingerprint density at radius 1 is 0.765 bits per heavy atom. The number of carbonyl (C=O) groups excluding carboxylic acids is 1. The van der Waals surface area contributed by atoms with Crippen LogP contribution < -0.4 is 0 Å². The number of hydrogen-bond donors (Lipinski definition) is 0. The molecule has 0 aliphatic heterocycles. The maximum Gasteiger partial charge on any atom is 0 e. The van der Waals surface area contributed by atoms with Gasteiger partial charge in [0, 0.05) is 157 Å². The quantitative estimate of drug-likeness (QED) is 0.289. The summed E-state index contributed by atoms with van der Waals surface area (Å²) >= 11 is 0. The minimum atomic E-state index is 0. The van der Waals surface area contributed by atoms with Crippen molar-refractivity contribution in [2.45, 2.75) is 13.8 Å². The van der Waals surface area contributed by atoms with Crippen molar-refractivity contribution >= 4 is 6.79 Å². The van der Waals surface area contributed by atoms with Gasteiger partial charge in [0.05, 0.1) is 0 Å². The standard InChI is InChI=1S/C6H5.C2H6.CHO.CH3.3U.3W/c1-2-4-6-5-3-1;2*1-2;;;;;;;/h1-5H;1-2H3;1H;1H3;;;;;;/q-1;;2*-1;;;;;;. The summed E-state index contributed by atoms with van der Waals surface area (Å²) in [4.78, 5) is 7.75. The second-order valence-electron chi connectivity index (χ2n) is 1.08. The molecule has 1 aromatic carbocycles. The smallest absolute Gasteiger partial charge is 0 e. The average molecular weight is 1420 g/mol. The molecule has 17 heavy (non-hydrogen) atoms. The molecule has 0 unspecified atom stereocenters. The van der Waals surface area contributed by atoms with Crippen LogP contribution in [-0.4, -0.2) is 6.79 Å². The van der Waals surface area contributed by atoms with Crippen LogP contribution in [0.15, 0.2) is 30.3 Å². The molecular formula is C10H15OU3W3-3. The van der Waals surface area contributed by atoms with Crippen LogP contribution in [-0.2, 0) is 68.0 Å². The predicted molar refractivity (Wildman–Crippen MR) is 49.8 cm³/mol. The van der Waals surface area contributed by atoms with Crippen molar-refractivity contribution in [1.29, 1.82) is 0 Å². The molecule has 0 bridgehead atoms. The molecule has 0 saturated carbocycles. The third-order valence-corrected chi connectivity index (χ3v) is 0.607. The molecule has 0 aromatic heterocycles. The molecule has 0 heterocycles. The maximum absolute atomic E-state index is 7.75. The molecule has 0 aliphatic rings. The zero-order chi connectivity index (χ0) is 8.24. The van der Waals surface area contributed by atoms with Gasteiger partial charge in [-0.2, -0.15) is 36.4 Å². The Bertz CT molecular complexity index is 110. The van der Waals surface area contributed by atoms with Crippen LogP contribution in [0.3, 0.4) is 0 Å². The minimum absolute atomic E-state index is 0. The van der Waals surface area contributed by atoms with Crippen LogP contribution in [0.1, 0.15) is 13.8 Å². The molecule has 0 atom stereocenters. The van der Waals surface area contributed by atoms with Crippen LogP contribution in [0, 0.1) is 107 Å². The van der Waals surface area contributed by atoms with Gasteiger partial charge >= 0.3 is 0 Å². The Hall–Kier alpha value is 4.11. The third kappa shape index (κ3) is 64.5. The first kappa shape index (κ1) is 58.2. The van der Waals surface area contributed by atoms with Crippen LogP contribution >= 0.6 is 0 Å². The molecule has 0 N–H and O–H groups in total. The molecule has 1 rings (SSSR count). The van der Waals surface area contributed by atoms with E-state index in [-0.39, 0.29) is 164 Å². The van der Waals surface area contributed by atoms with E-state index in [1.165, 1.54) is 0 Å². The zero-order valence-corrected chi connectivity index (χ0v) is 31.4. The first-order chi connectivity index (χ1) is 5.00. The van der Waals surface area contributed by atoms with Gasteiger partial charge in [-0.15, -0.1) is 0 Å². The largest absolute Gasteiger partial charge is 0.545 e. The molecule has 0 saturated heterocycles. The van der Waals surface area contributed by atoms with Crippen molar-refractivity contribution in [2.75, 3.05) is 0 Å². The fourth-order valence-corrected chi connectivity index (χ4v) is 0.342. The van der Waals surface area contributed by atoms with Crippen LogP contribution in [0.25, 0.3) is 0 Å². The molecule has 0 radical (unpaired) electrons. The molecule has 1 aromatic rings. The van der Waals surface area contributed by atoms with E-state index in [9.17, 15) is 0 Å². The molecule has 7 heteroatoms. The van der Waals surface area contributed by atoms with E-state index in [1.807, 2.05) is 44.2 Å². The van der Waals surface area contributed by atoms with E-state index in [2.05, 4.69) is 12.9 Å². The zero-order valence-electron chi connectivity index (χ0n) is 10.1. The molecule has 0 fully saturated rings. The van der Waals surface area contributed by atoms with Crippen molar-refractivity contribution in [3.63, 3.8) is 0 Å². The molecular weight excluding hydrogens is 1400 g/mol. The van der Waals surface area contributed by atoms with Crippen molar-refractivity contribution in [3.05, 3.63) is 43.8 Å². The van der Waals surface area contributed by atoms with Gasteiger partial charge in [0.25, 0.3) is 0 Å². The van der Waals surface area contributed by atoms with E-state index >= 15 is 0 Å². The van der Waals surface area contributed by atoms with E-state index in [0.29, 0.717) is 0 Å². The second-order valence-corrected chi connectivity index (χ2v) is 1.08. The normalized spacial score (nSPS) is 3.41. The summed E-state index contributed by atoms with van der Waals surface area (Å²) in [6.07, 6.45) is 0. The van der Waals surface area contributed by atoms with Gasteiger partial charge in [-0.25, -0.2) is 0 Å². The first-order valence-electron chi connectivity index (χ1n) is 3.15. The van der Waals surface area contributed by atoms with Gasteiger partial charge in [0.1, 0.15) is 0 Å². The van der Waals surface area contributed by atoms with Crippen LogP contribution in [0.4, 0.5) is 0 Å². The summed E-state index contributed by atoms with van der Waals surface area (Å²) in [5.41, 5.74) is 0. The van der Waals surface area contributed by atoms with Gasteiger partial charge in [-0.3, -0.25) is 6.79 Å². The molecule has 0 spiro atoms. The third-order valence-electron chi connectivity index (χ3n) is 0.607. The Morgan fingerprint density at radius 3 is 1.06 bits per heavy atom. The van der Waals surface area contributed by atoms with Gasteiger partial charge < -0.3 is 12.2 Å². The summed E-state index contributed by atoms with van der Waals surface area (Å²) in [5.74, 6) is 0. The van der Waals surface area contributed by atoms with Crippen molar-refractivity contribution in [2.24, 2.45) is 0 Å². The predicted octanol–water partition coefficient (Wildman–Crippen LogP) is 2.68. The van der Waals surface area contributed by atoms with Crippen LogP contribution in [0.2, 0.25) is 0 Å². The van der Waals surface area contributed by atoms with E-state index in [0.717, 1.165) is 0 Å². The fourth-order valence-electron chi connectivity index (χ4n) is 0.342. The van der Waals surface area contributed by atoms with Gasteiger partial charge in [0.2, 0.25) is 0 Å². The Kier molecular flexibility index (Phi) is 246. The fraction of sp³-hybridized carbons (Fsp3) is 0.200.